The van der Waals surface area contributed by atoms with Crippen LogP contribution >= 0.6 is 0 Å². The van der Waals surface area contributed by atoms with Crippen LogP contribution in [-0.2, 0) is 18.9 Å². The summed E-state index contributed by atoms with van der Waals surface area (Å²) in [5.74, 6) is 0. The summed E-state index contributed by atoms with van der Waals surface area (Å²) in [4.78, 5) is 0. The highest BCUT2D eigenvalue weighted by atomic mass is 16.5. The third kappa shape index (κ3) is 12.1. The van der Waals surface area contributed by atoms with Crippen molar-refractivity contribution < 1.29 is 24.4 Å². The highest BCUT2D eigenvalue weighted by molar-refractivity contribution is 4.42. The summed E-state index contributed by atoms with van der Waals surface area (Å²) in [6.07, 6.45) is 5.11. The molecule has 4 aliphatic rings. The first-order valence-corrected chi connectivity index (χ1v) is 6.31. The van der Waals surface area contributed by atoms with Crippen LogP contribution in [0.25, 0.3) is 0 Å². The highest BCUT2D eigenvalue weighted by Gasteiger charge is 1.95. The third-order valence-corrected chi connectivity index (χ3v) is 2.31. The largest absolute Gasteiger partial charge is 0.412 e. The van der Waals surface area contributed by atoms with E-state index in [1.807, 2.05) is 0 Å². The minimum Gasteiger partial charge on any atom is -0.412 e. The normalized spacial score (nSPS) is 22.6. The molecular formula is C12H26O5. The summed E-state index contributed by atoms with van der Waals surface area (Å²) in [5, 5.41) is 0. The second-order valence-corrected chi connectivity index (χ2v) is 3.86. The Morgan fingerprint density at radius 1 is 0.353 bits per heavy atom. The van der Waals surface area contributed by atoms with Crippen molar-refractivity contribution in [2.75, 3.05) is 52.9 Å². The van der Waals surface area contributed by atoms with Crippen LogP contribution in [-0.4, -0.2) is 58.3 Å². The fourth-order valence-electron chi connectivity index (χ4n) is 0.577. The Labute approximate surface area is 104 Å². The molecule has 17 heavy (non-hydrogen) atoms. The molecular weight excluding hydrogens is 224 g/mol. The van der Waals surface area contributed by atoms with Gasteiger partial charge in [0.05, 0.1) is 0 Å². The van der Waals surface area contributed by atoms with E-state index in [9.17, 15) is 0 Å². The van der Waals surface area contributed by atoms with Gasteiger partial charge in [0.25, 0.3) is 0 Å². The summed E-state index contributed by atoms with van der Waals surface area (Å²) in [6.45, 7) is 8.00. The minimum absolute atomic E-state index is 0. The van der Waals surface area contributed by atoms with Gasteiger partial charge < -0.3 is 24.4 Å². The molecule has 2 N–H and O–H groups in total. The molecule has 4 fully saturated rings. The Morgan fingerprint density at radius 3 is 0.412 bits per heavy atom. The van der Waals surface area contributed by atoms with Crippen LogP contribution in [0.4, 0.5) is 0 Å². The van der Waals surface area contributed by atoms with Gasteiger partial charge in [0.2, 0.25) is 0 Å². The maximum atomic E-state index is 4.72. The second kappa shape index (κ2) is 13.9. The smallest absolute Gasteiger partial charge is 0.0488 e. The lowest BCUT2D eigenvalue weighted by Gasteiger charge is -2.09. The Hall–Kier alpha value is -0.200. The Morgan fingerprint density at radius 2 is 0.412 bits per heavy atom. The lowest BCUT2D eigenvalue weighted by atomic mass is 10.4. The molecule has 104 valence electrons. The molecule has 0 aromatic carbocycles. The molecule has 4 saturated heterocycles. The summed E-state index contributed by atoms with van der Waals surface area (Å²) >= 11 is 0. The summed E-state index contributed by atoms with van der Waals surface area (Å²) in [5.41, 5.74) is 0. The van der Waals surface area contributed by atoms with Crippen molar-refractivity contribution in [1.29, 1.82) is 0 Å². The molecule has 5 nitrogen and oxygen atoms in total. The van der Waals surface area contributed by atoms with Gasteiger partial charge in [-0.2, -0.15) is 0 Å². The van der Waals surface area contributed by atoms with E-state index in [1.165, 1.54) is 25.7 Å². The Bertz CT molecular complexity index is 78.9. The second-order valence-electron chi connectivity index (χ2n) is 3.86. The maximum Gasteiger partial charge on any atom is 0.0488 e. The van der Waals surface area contributed by atoms with Crippen LogP contribution in [0, 0.1) is 0 Å². The Balaban J connectivity index is 0.000000197. The molecule has 4 aliphatic heterocycles. The van der Waals surface area contributed by atoms with E-state index in [1.54, 1.807) is 0 Å². The zero-order valence-electron chi connectivity index (χ0n) is 10.6. The van der Waals surface area contributed by atoms with E-state index < -0.39 is 0 Å². The summed E-state index contributed by atoms with van der Waals surface area (Å²) in [6, 6.07) is 0. The van der Waals surface area contributed by atoms with E-state index >= 15 is 0 Å². The molecule has 0 aromatic rings. The van der Waals surface area contributed by atoms with Crippen molar-refractivity contribution in [3.05, 3.63) is 0 Å². The third-order valence-electron chi connectivity index (χ3n) is 2.31. The average Bonchev–Trinajstić information content (AvgIpc) is 1.62. The molecule has 4 heterocycles. The quantitative estimate of drug-likeness (QED) is 0.638. The lowest BCUT2D eigenvalue weighted by molar-refractivity contribution is 0.0366. The van der Waals surface area contributed by atoms with Crippen molar-refractivity contribution >= 4 is 0 Å². The van der Waals surface area contributed by atoms with Gasteiger partial charge in [0, 0.05) is 52.9 Å². The van der Waals surface area contributed by atoms with Crippen LogP contribution in [0.2, 0.25) is 0 Å². The summed E-state index contributed by atoms with van der Waals surface area (Å²) in [7, 11) is 0. The van der Waals surface area contributed by atoms with Gasteiger partial charge in [0.15, 0.2) is 0 Å². The van der Waals surface area contributed by atoms with Crippen molar-refractivity contribution in [2.24, 2.45) is 0 Å². The van der Waals surface area contributed by atoms with Gasteiger partial charge in [-0.05, 0) is 25.7 Å². The average molecular weight is 250 g/mol. The standard InChI is InChI=1S/4C3H6O.H2O/c4*1-2-4-3-1;/h4*1-3H2;1H2. The molecule has 5 heteroatoms. The molecule has 0 atom stereocenters. The number of hydrogen-bond acceptors (Lipinski definition) is 4. The molecule has 0 spiro atoms. The maximum absolute atomic E-state index is 4.72. The molecule has 0 amide bonds. The SMILES string of the molecule is C1COC1.C1COC1.C1COC1.C1COC1.O. The van der Waals surface area contributed by atoms with Crippen LogP contribution in [0.3, 0.4) is 0 Å². The van der Waals surface area contributed by atoms with Crippen molar-refractivity contribution in [2.45, 2.75) is 25.7 Å². The van der Waals surface area contributed by atoms with Gasteiger partial charge in [0.1, 0.15) is 0 Å². The number of rotatable bonds is 0. The first-order chi connectivity index (χ1) is 8.00. The van der Waals surface area contributed by atoms with Crippen LogP contribution in [0.5, 0.6) is 0 Å². The van der Waals surface area contributed by atoms with E-state index in [0.717, 1.165) is 52.9 Å². The molecule has 0 radical (unpaired) electrons. The van der Waals surface area contributed by atoms with Gasteiger partial charge >= 0.3 is 0 Å². The number of ether oxygens (including phenoxy) is 4. The monoisotopic (exact) mass is 250 g/mol. The molecule has 0 aliphatic carbocycles. The van der Waals surface area contributed by atoms with Crippen molar-refractivity contribution in [1.82, 2.24) is 0 Å². The zero-order valence-corrected chi connectivity index (χ0v) is 10.6. The predicted octanol–water partition coefficient (Wildman–Crippen LogP) is 0.802. The first-order valence-electron chi connectivity index (χ1n) is 6.31. The highest BCUT2D eigenvalue weighted by Crippen LogP contribution is 1.94. The molecule has 0 unspecified atom stereocenters. The molecule has 0 aromatic heterocycles. The van der Waals surface area contributed by atoms with Crippen molar-refractivity contribution in [3.8, 4) is 0 Å². The van der Waals surface area contributed by atoms with Gasteiger partial charge in [-0.3, -0.25) is 0 Å². The zero-order chi connectivity index (χ0) is 11.3. The van der Waals surface area contributed by atoms with E-state index in [0.29, 0.717) is 0 Å². The van der Waals surface area contributed by atoms with Crippen LogP contribution < -0.4 is 0 Å². The number of hydrogen-bond donors (Lipinski definition) is 0. The predicted molar refractivity (Wildman–Crippen MR) is 65.4 cm³/mol. The summed E-state index contributed by atoms with van der Waals surface area (Å²) < 4.78 is 18.9. The molecule has 4 rings (SSSR count). The van der Waals surface area contributed by atoms with Gasteiger partial charge in [-0.15, -0.1) is 0 Å². The van der Waals surface area contributed by atoms with E-state index in [-0.39, 0.29) is 5.48 Å². The van der Waals surface area contributed by atoms with Gasteiger partial charge in [-0.25, -0.2) is 0 Å². The van der Waals surface area contributed by atoms with Crippen LogP contribution in [0.15, 0.2) is 0 Å². The fourth-order valence-corrected chi connectivity index (χ4v) is 0.577. The van der Waals surface area contributed by atoms with E-state index in [4.69, 9.17) is 18.9 Å². The van der Waals surface area contributed by atoms with Gasteiger partial charge in [-0.1, -0.05) is 0 Å². The fraction of sp³-hybridized carbons (Fsp3) is 1.00. The Kier molecular flexibility index (Phi) is 13.7. The van der Waals surface area contributed by atoms with E-state index in [2.05, 4.69) is 0 Å². The molecule has 0 saturated carbocycles. The first kappa shape index (κ1) is 16.8. The lowest BCUT2D eigenvalue weighted by Crippen LogP contribution is -2.09. The van der Waals surface area contributed by atoms with Crippen LogP contribution in [0.1, 0.15) is 25.7 Å². The minimum atomic E-state index is 0. The topological polar surface area (TPSA) is 68.4 Å². The van der Waals surface area contributed by atoms with Crippen molar-refractivity contribution in [3.63, 3.8) is 0 Å². The molecule has 0 bridgehead atoms.